The van der Waals surface area contributed by atoms with Crippen LogP contribution in [0.2, 0.25) is 0 Å². The molecule has 0 amide bonds. The Morgan fingerprint density at radius 2 is 2.06 bits per heavy atom. The number of hydrogen-bond acceptors (Lipinski definition) is 7. The van der Waals surface area contributed by atoms with E-state index in [1.165, 1.54) is 23.5 Å². The highest BCUT2D eigenvalue weighted by atomic mass is 32.1. The zero-order valence-electron chi connectivity index (χ0n) is 17.2. The van der Waals surface area contributed by atoms with Gasteiger partial charge in [0.1, 0.15) is 16.9 Å². The van der Waals surface area contributed by atoms with Gasteiger partial charge in [0.25, 0.3) is 0 Å². The largest absolute Gasteiger partial charge is 0.381 e. The third-order valence-electron chi connectivity index (χ3n) is 5.20. The van der Waals surface area contributed by atoms with Crippen LogP contribution in [0.1, 0.15) is 27.8 Å². The van der Waals surface area contributed by atoms with Crippen LogP contribution in [-0.2, 0) is 4.74 Å². The molecule has 4 rings (SSSR count). The van der Waals surface area contributed by atoms with Crippen LogP contribution in [0.5, 0.6) is 0 Å². The second kappa shape index (κ2) is 9.47. The predicted octanol–water partition coefficient (Wildman–Crippen LogP) is 4.00. The van der Waals surface area contributed by atoms with Gasteiger partial charge >= 0.3 is 0 Å². The van der Waals surface area contributed by atoms with E-state index in [0.29, 0.717) is 40.7 Å². The zero-order chi connectivity index (χ0) is 21.8. The van der Waals surface area contributed by atoms with Crippen LogP contribution < -0.4 is 4.90 Å². The number of aliphatic imine (C=N–C) groups is 2. The van der Waals surface area contributed by atoms with E-state index in [1.54, 1.807) is 24.7 Å². The zero-order valence-corrected chi connectivity index (χ0v) is 18.0. The molecule has 6 nitrogen and oxygen atoms in total. The molecular weight excluding hydrogens is 415 g/mol. The van der Waals surface area contributed by atoms with Crippen molar-refractivity contribution in [3.05, 3.63) is 75.5 Å². The van der Waals surface area contributed by atoms with E-state index in [0.717, 1.165) is 24.3 Å². The molecule has 1 fully saturated rings. The molecule has 1 aromatic heterocycles. The number of halogens is 1. The van der Waals surface area contributed by atoms with Crippen molar-refractivity contribution < 1.29 is 14.2 Å². The van der Waals surface area contributed by atoms with Crippen LogP contribution in [-0.4, -0.2) is 55.9 Å². The van der Waals surface area contributed by atoms with E-state index in [4.69, 9.17) is 4.74 Å². The maximum absolute atomic E-state index is 14.5. The molecule has 8 heteroatoms. The lowest BCUT2D eigenvalue weighted by Gasteiger charge is -2.29. The highest BCUT2D eigenvalue weighted by Crippen LogP contribution is 2.31. The molecule has 1 atom stereocenters. The van der Waals surface area contributed by atoms with E-state index in [9.17, 15) is 9.50 Å². The lowest BCUT2D eigenvalue weighted by atomic mass is 9.96. The first-order valence-electron chi connectivity index (χ1n) is 9.89. The van der Waals surface area contributed by atoms with Crippen LogP contribution >= 0.6 is 11.3 Å². The van der Waals surface area contributed by atoms with E-state index in [-0.39, 0.29) is 0 Å². The normalized spacial score (nSPS) is 15.7. The molecule has 0 bridgehead atoms. The lowest BCUT2D eigenvalue weighted by molar-refractivity contribution is 0.122. The van der Waals surface area contributed by atoms with E-state index in [2.05, 4.69) is 26.6 Å². The molecule has 3 aromatic rings. The summed E-state index contributed by atoms with van der Waals surface area (Å²) in [5.74, 6) is -0.456. The Labute approximate surface area is 184 Å². The summed E-state index contributed by atoms with van der Waals surface area (Å²) in [6, 6.07) is 10.4. The van der Waals surface area contributed by atoms with Crippen molar-refractivity contribution in [3.8, 4) is 0 Å². The Bertz CT molecular complexity index is 1090. The number of aliphatic hydroxyl groups excluding tert-OH is 1. The Morgan fingerprint density at radius 1 is 1.26 bits per heavy atom. The van der Waals surface area contributed by atoms with E-state index < -0.39 is 11.9 Å². The average molecular weight is 439 g/mol. The summed E-state index contributed by atoms with van der Waals surface area (Å²) in [6.45, 7) is 6.72. The minimum absolute atomic E-state index is 0.421. The van der Waals surface area contributed by atoms with Crippen molar-refractivity contribution >= 4 is 35.1 Å². The molecule has 1 unspecified atom stereocenters. The van der Waals surface area contributed by atoms with Crippen molar-refractivity contribution in [1.82, 2.24) is 4.98 Å². The molecule has 31 heavy (non-hydrogen) atoms. The summed E-state index contributed by atoms with van der Waals surface area (Å²) in [5.41, 5.74) is 3.99. The number of morpholine rings is 1. The SMILES string of the molecule is C=Nc1cc(N2CCOCC2)ccc1C(=NC)c1cc(F)cc(C(O)c2nccs2)c1. The van der Waals surface area contributed by atoms with E-state index >= 15 is 0 Å². The fraction of sp³-hybridized carbons (Fsp3) is 0.261. The average Bonchev–Trinajstić information content (AvgIpc) is 3.34. The first-order chi connectivity index (χ1) is 15.1. The molecule has 2 heterocycles. The van der Waals surface area contributed by atoms with Gasteiger partial charge in [0.2, 0.25) is 0 Å². The second-order valence-corrected chi connectivity index (χ2v) is 8.00. The minimum atomic E-state index is -1.01. The highest BCUT2D eigenvalue weighted by Gasteiger charge is 2.19. The van der Waals surface area contributed by atoms with Crippen LogP contribution in [0.15, 0.2) is 58.0 Å². The van der Waals surface area contributed by atoms with Crippen LogP contribution in [0.25, 0.3) is 0 Å². The molecule has 160 valence electrons. The van der Waals surface area contributed by atoms with Crippen LogP contribution in [0.4, 0.5) is 15.8 Å². The topological polar surface area (TPSA) is 70.3 Å². The summed E-state index contributed by atoms with van der Waals surface area (Å²) in [7, 11) is 1.65. The number of rotatable bonds is 6. The van der Waals surface area contributed by atoms with Gasteiger partial charge in [-0.25, -0.2) is 9.37 Å². The fourth-order valence-corrected chi connectivity index (χ4v) is 4.34. The number of ether oxygens (including phenoxy) is 1. The third kappa shape index (κ3) is 4.56. The number of hydrogen-bond donors (Lipinski definition) is 1. The van der Waals surface area contributed by atoms with Gasteiger partial charge in [0.15, 0.2) is 0 Å². The predicted molar refractivity (Wildman–Crippen MR) is 123 cm³/mol. The van der Waals surface area contributed by atoms with Crippen molar-refractivity contribution in [2.24, 2.45) is 9.98 Å². The van der Waals surface area contributed by atoms with Gasteiger partial charge in [0, 0.05) is 48.5 Å². The molecule has 1 N–H and O–H groups in total. The summed E-state index contributed by atoms with van der Waals surface area (Å²) >= 11 is 1.32. The first-order valence-corrected chi connectivity index (χ1v) is 10.8. The number of aromatic nitrogens is 1. The minimum Gasteiger partial charge on any atom is -0.381 e. The quantitative estimate of drug-likeness (QED) is 0.591. The van der Waals surface area contributed by atoms with Crippen molar-refractivity contribution in [2.45, 2.75) is 6.10 Å². The fourth-order valence-electron chi connectivity index (χ4n) is 3.69. The standard InChI is InChI=1S/C23H23FN4O2S/c1-25-20-14-18(28-6-8-30-9-7-28)3-4-19(20)21(26-2)15-11-16(13-17(24)12-15)22(29)23-27-5-10-31-23/h3-5,10-14,22,29H,1,6-9H2,2H3. The molecule has 0 spiro atoms. The van der Waals surface area contributed by atoms with Gasteiger partial charge in [-0.3, -0.25) is 9.98 Å². The van der Waals surface area contributed by atoms with Crippen LogP contribution in [0.3, 0.4) is 0 Å². The van der Waals surface area contributed by atoms with Gasteiger partial charge in [-0.1, -0.05) is 0 Å². The summed E-state index contributed by atoms with van der Waals surface area (Å²) in [4.78, 5) is 15.0. The Balaban J connectivity index is 1.71. The van der Waals surface area contributed by atoms with E-state index in [1.807, 2.05) is 18.2 Å². The van der Waals surface area contributed by atoms with Gasteiger partial charge in [-0.15, -0.1) is 11.3 Å². The number of benzene rings is 2. The van der Waals surface area contributed by atoms with Gasteiger partial charge in [-0.2, -0.15) is 0 Å². The molecule has 0 aliphatic carbocycles. The van der Waals surface area contributed by atoms with Crippen molar-refractivity contribution in [2.75, 3.05) is 38.3 Å². The number of anilines is 1. The summed E-state index contributed by atoms with van der Waals surface area (Å²) in [5, 5.41) is 12.9. The summed E-state index contributed by atoms with van der Waals surface area (Å²) < 4.78 is 19.9. The van der Waals surface area contributed by atoms with Gasteiger partial charge in [-0.05, 0) is 48.7 Å². The summed E-state index contributed by atoms with van der Waals surface area (Å²) in [6.07, 6.45) is 0.605. The molecule has 2 aromatic carbocycles. The number of thiazole rings is 1. The molecule has 1 aliphatic heterocycles. The Morgan fingerprint density at radius 3 is 2.74 bits per heavy atom. The molecule has 1 aliphatic rings. The highest BCUT2D eigenvalue weighted by molar-refractivity contribution is 7.09. The van der Waals surface area contributed by atoms with Gasteiger partial charge < -0.3 is 14.7 Å². The smallest absolute Gasteiger partial charge is 0.131 e. The molecule has 1 saturated heterocycles. The molecule has 0 radical (unpaired) electrons. The van der Waals surface area contributed by atoms with Gasteiger partial charge in [0.05, 0.1) is 24.6 Å². The van der Waals surface area contributed by atoms with Crippen molar-refractivity contribution in [1.29, 1.82) is 0 Å². The third-order valence-corrected chi connectivity index (χ3v) is 6.03. The molecule has 0 saturated carbocycles. The number of aliphatic hydroxyl groups is 1. The first kappa shape index (κ1) is 21.3. The lowest BCUT2D eigenvalue weighted by Crippen LogP contribution is -2.36. The van der Waals surface area contributed by atoms with Crippen molar-refractivity contribution in [3.63, 3.8) is 0 Å². The van der Waals surface area contributed by atoms with Crippen LogP contribution in [0, 0.1) is 5.82 Å². The number of nitrogens with zero attached hydrogens (tertiary/aromatic N) is 4. The molecular formula is C23H23FN4O2S. The maximum Gasteiger partial charge on any atom is 0.131 e. The monoisotopic (exact) mass is 438 g/mol. The second-order valence-electron chi connectivity index (χ2n) is 7.08. The Kier molecular flexibility index (Phi) is 6.50. The Hall–Kier alpha value is -2.94. The maximum atomic E-state index is 14.5.